The van der Waals surface area contributed by atoms with Crippen molar-refractivity contribution in [3.8, 4) is 0 Å². The Morgan fingerprint density at radius 1 is 1.24 bits per heavy atom. The normalized spacial score (nSPS) is 39.9. The number of halogens is 3. The molecule has 5 fully saturated rings. The Morgan fingerprint density at radius 2 is 1.97 bits per heavy atom. The summed E-state index contributed by atoms with van der Waals surface area (Å²) >= 11 is 0. The van der Waals surface area contributed by atoms with E-state index in [4.69, 9.17) is 9.15 Å². The maximum Gasteiger partial charge on any atom is 0.522 e. The molecule has 5 aliphatic rings. The molecular weight excluding hydrogens is 391 g/mol. The van der Waals surface area contributed by atoms with Crippen molar-refractivity contribution in [3.63, 3.8) is 0 Å². The second kappa shape index (κ2) is 6.41. The van der Waals surface area contributed by atoms with Gasteiger partial charge in [-0.05, 0) is 50.4 Å². The average Bonchev–Trinajstić information content (AvgIpc) is 3.17. The fraction of sp³-hybridized carbons (Fsp3) is 0.842. The number of alkyl halides is 3. The molecule has 0 radical (unpaired) electrons. The number of aromatic nitrogens is 2. The molecule has 0 unspecified atom stereocenters. The Labute approximate surface area is 165 Å². The second-order valence-corrected chi connectivity index (χ2v) is 9.45. The molecule has 1 heterocycles. The van der Waals surface area contributed by atoms with Crippen molar-refractivity contribution in [1.82, 2.24) is 15.5 Å². The molecule has 2 bridgehead atoms. The summed E-state index contributed by atoms with van der Waals surface area (Å²) in [5.41, 5.74) is -0.402. The molecule has 0 aromatic carbocycles. The van der Waals surface area contributed by atoms with Crippen LogP contribution in [0.15, 0.2) is 4.42 Å². The molecule has 1 aromatic rings. The molecule has 1 amide bonds. The van der Waals surface area contributed by atoms with E-state index in [-0.39, 0.29) is 48.0 Å². The van der Waals surface area contributed by atoms with Crippen LogP contribution in [0.3, 0.4) is 0 Å². The average molecular weight is 415 g/mol. The standard InChI is InChI=1S/C19H24F3N3O4/c1-10-2-12(3-10)27-6-14(26)23-18-7-17(8-18,9-18)16-25-24-15(29-16)13-4-11(13)5-28-19(20,21)22/h10-13H,2-9H2,1H3,(H,23,26)/t10?,11-,12?,13-,17?,18?/m0/s1. The maximum atomic E-state index is 12.1. The third-order valence-corrected chi connectivity index (χ3v) is 6.81. The summed E-state index contributed by atoms with van der Waals surface area (Å²) in [7, 11) is 0. The summed E-state index contributed by atoms with van der Waals surface area (Å²) in [4.78, 5) is 12.1. The highest BCUT2D eigenvalue weighted by Gasteiger charge is 2.72. The van der Waals surface area contributed by atoms with Crippen LogP contribution in [0.1, 0.15) is 63.1 Å². The van der Waals surface area contributed by atoms with E-state index in [0.717, 1.165) is 32.1 Å². The molecule has 2 atom stereocenters. The Bertz CT molecular complexity index is 785. The minimum absolute atomic E-state index is 0.0884. The van der Waals surface area contributed by atoms with Gasteiger partial charge in [0.05, 0.1) is 18.1 Å². The Kier molecular flexibility index (Phi) is 4.26. The topological polar surface area (TPSA) is 86.5 Å². The van der Waals surface area contributed by atoms with Crippen LogP contribution in [0.2, 0.25) is 0 Å². The summed E-state index contributed by atoms with van der Waals surface area (Å²) in [5, 5.41) is 11.2. The van der Waals surface area contributed by atoms with Gasteiger partial charge in [-0.3, -0.25) is 9.53 Å². The highest BCUT2D eigenvalue weighted by Crippen LogP contribution is 2.67. The van der Waals surface area contributed by atoms with Gasteiger partial charge in [-0.25, -0.2) is 0 Å². The van der Waals surface area contributed by atoms with Crippen LogP contribution in [0.5, 0.6) is 0 Å². The largest absolute Gasteiger partial charge is 0.522 e. The minimum Gasteiger partial charge on any atom is -0.424 e. The van der Waals surface area contributed by atoms with E-state index in [1.54, 1.807) is 0 Å². The summed E-state index contributed by atoms with van der Waals surface area (Å²) in [6, 6.07) is 0. The number of nitrogens with zero attached hydrogens (tertiary/aromatic N) is 2. The van der Waals surface area contributed by atoms with Crippen LogP contribution in [0.25, 0.3) is 0 Å². The number of nitrogens with one attached hydrogen (secondary N) is 1. The lowest BCUT2D eigenvalue weighted by Gasteiger charge is -2.68. The Balaban J connectivity index is 1.07. The van der Waals surface area contributed by atoms with E-state index in [0.29, 0.717) is 24.1 Å². The van der Waals surface area contributed by atoms with Crippen molar-refractivity contribution in [2.24, 2.45) is 11.8 Å². The van der Waals surface area contributed by atoms with Crippen molar-refractivity contribution >= 4 is 5.91 Å². The highest BCUT2D eigenvalue weighted by atomic mass is 19.4. The molecule has 0 spiro atoms. The van der Waals surface area contributed by atoms with Gasteiger partial charge in [0.1, 0.15) is 6.61 Å². The Morgan fingerprint density at radius 3 is 2.62 bits per heavy atom. The number of amides is 1. The molecule has 5 aliphatic carbocycles. The van der Waals surface area contributed by atoms with Crippen LogP contribution >= 0.6 is 0 Å². The minimum atomic E-state index is -4.61. The van der Waals surface area contributed by atoms with Gasteiger partial charge in [0.25, 0.3) is 0 Å². The van der Waals surface area contributed by atoms with Crippen molar-refractivity contribution in [1.29, 1.82) is 0 Å². The fourth-order valence-corrected chi connectivity index (χ4v) is 5.17. The molecule has 0 aliphatic heterocycles. The van der Waals surface area contributed by atoms with Crippen molar-refractivity contribution in [3.05, 3.63) is 11.8 Å². The van der Waals surface area contributed by atoms with Gasteiger partial charge >= 0.3 is 6.36 Å². The zero-order valence-electron chi connectivity index (χ0n) is 16.1. The Hall–Kier alpha value is -1.68. The van der Waals surface area contributed by atoms with Crippen LogP contribution < -0.4 is 5.32 Å². The highest BCUT2D eigenvalue weighted by molar-refractivity contribution is 5.79. The second-order valence-electron chi connectivity index (χ2n) is 9.45. The SMILES string of the molecule is CC1CC(OCC(=O)NC23CC(c4nnc([C@H]5C[C@H]5COC(F)(F)F)o4)(C2)C3)C1. The number of hydrogen-bond acceptors (Lipinski definition) is 6. The first-order valence-corrected chi connectivity index (χ1v) is 10.1. The molecule has 160 valence electrons. The zero-order valence-corrected chi connectivity index (χ0v) is 16.1. The van der Waals surface area contributed by atoms with E-state index < -0.39 is 6.36 Å². The first-order valence-electron chi connectivity index (χ1n) is 10.1. The lowest BCUT2D eigenvalue weighted by Crippen LogP contribution is -2.77. The first-order chi connectivity index (χ1) is 13.7. The van der Waals surface area contributed by atoms with Crippen molar-refractivity contribution in [2.75, 3.05) is 13.2 Å². The van der Waals surface area contributed by atoms with E-state index in [9.17, 15) is 18.0 Å². The van der Waals surface area contributed by atoms with Crippen molar-refractivity contribution in [2.45, 2.75) is 74.8 Å². The quantitative estimate of drug-likeness (QED) is 0.703. The van der Waals surface area contributed by atoms with Gasteiger partial charge in [0, 0.05) is 11.5 Å². The van der Waals surface area contributed by atoms with E-state index in [1.165, 1.54) is 0 Å². The molecule has 5 saturated carbocycles. The van der Waals surface area contributed by atoms with Crippen LogP contribution in [-0.2, 0) is 19.7 Å². The number of carbonyl (C=O) groups excluding carboxylic acids is 1. The number of rotatable bonds is 8. The number of ether oxygens (including phenoxy) is 2. The third-order valence-electron chi connectivity index (χ3n) is 6.81. The molecule has 7 nitrogen and oxygen atoms in total. The number of carbonyl (C=O) groups is 1. The summed E-state index contributed by atoms with van der Waals surface area (Å²) in [5.74, 6) is 1.12. The molecule has 10 heteroatoms. The molecule has 1 aromatic heterocycles. The van der Waals surface area contributed by atoms with Crippen LogP contribution in [-0.4, -0.2) is 47.3 Å². The lowest BCUT2D eigenvalue weighted by molar-refractivity contribution is -0.326. The van der Waals surface area contributed by atoms with E-state index in [2.05, 4.69) is 27.2 Å². The predicted octanol–water partition coefficient (Wildman–Crippen LogP) is 2.81. The third kappa shape index (κ3) is 3.65. The summed E-state index contributed by atoms with van der Waals surface area (Å²) < 4.78 is 51.7. The molecule has 6 rings (SSSR count). The van der Waals surface area contributed by atoms with Gasteiger partial charge in [-0.15, -0.1) is 23.4 Å². The van der Waals surface area contributed by atoms with Crippen molar-refractivity contribution < 1.29 is 31.9 Å². The lowest BCUT2D eigenvalue weighted by atomic mass is 9.39. The molecule has 0 saturated heterocycles. The van der Waals surface area contributed by atoms with Gasteiger partial charge in [0.15, 0.2) is 0 Å². The van der Waals surface area contributed by atoms with Crippen LogP contribution in [0.4, 0.5) is 13.2 Å². The van der Waals surface area contributed by atoms with E-state index >= 15 is 0 Å². The van der Waals surface area contributed by atoms with Crippen LogP contribution in [0, 0.1) is 11.8 Å². The van der Waals surface area contributed by atoms with E-state index in [1.807, 2.05) is 0 Å². The fourth-order valence-electron chi connectivity index (χ4n) is 5.17. The zero-order chi connectivity index (χ0) is 20.4. The van der Waals surface area contributed by atoms with Gasteiger partial charge in [-0.2, -0.15) is 0 Å². The maximum absolute atomic E-state index is 12.1. The predicted molar refractivity (Wildman–Crippen MR) is 91.7 cm³/mol. The molecular formula is C19H24F3N3O4. The smallest absolute Gasteiger partial charge is 0.424 e. The van der Waals surface area contributed by atoms with Gasteiger partial charge in [0.2, 0.25) is 17.7 Å². The first kappa shape index (κ1) is 19.3. The van der Waals surface area contributed by atoms with Gasteiger partial charge < -0.3 is 14.5 Å². The van der Waals surface area contributed by atoms with Gasteiger partial charge in [-0.1, -0.05) is 6.92 Å². The summed E-state index contributed by atoms with van der Waals surface area (Å²) in [6.45, 7) is 1.89. The monoisotopic (exact) mass is 415 g/mol. The molecule has 1 N–H and O–H groups in total. The summed E-state index contributed by atoms with van der Waals surface area (Å²) in [6.07, 6.45) is 0.442. The number of hydrogen-bond donors (Lipinski definition) is 1. The molecule has 29 heavy (non-hydrogen) atoms.